The molecule has 0 aromatic heterocycles. The Labute approximate surface area is 200 Å². The van der Waals surface area contributed by atoms with E-state index < -0.39 is 23.5 Å². The topological polar surface area (TPSA) is 100 Å². The van der Waals surface area contributed by atoms with Crippen LogP contribution in [-0.2, 0) is 36.9 Å². The van der Waals surface area contributed by atoms with Crippen molar-refractivity contribution < 1.29 is 33.3 Å². The van der Waals surface area contributed by atoms with Gasteiger partial charge < -0.3 is 24.3 Å². The Balaban J connectivity index is 2.01. The number of hydrogen-bond donors (Lipinski definition) is 1. The lowest BCUT2D eigenvalue weighted by atomic mass is 10.0. The highest BCUT2D eigenvalue weighted by Crippen LogP contribution is 2.27. The van der Waals surface area contributed by atoms with E-state index in [0.29, 0.717) is 17.1 Å². The van der Waals surface area contributed by atoms with Gasteiger partial charge in [-0.05, 0) is 44.0 Å². The second-order valence-corrected chi connectivity index (χ2v) is 8.75. The van der Waals surface area contributed by atoms with Gasteiger partial charge in [0.25, 0.3) is 0 Å². The maximum atomic E-state index is 12.7. The molecule has 8 heteroatoms. The van der Waals surface area contributed by atoms with Crippen molar-refractivity contribution in [2.75, 3.05) is 20.8 Å². The van der Waals surface area contributed by atoms with Gasteiger partial charge in [0.05, 0.1) is 33.0 Å². The maximum absolute atomic E-state index is 12.7. The minimum Gasteiger partial charge on any atom is -0.493 e. The van der Waals surface area contributed by atoms with E-state index >= 15 is 0 Å². The van der Waals surface area contributed by atoms with E-state index in [2.05, 4.69) is 5.32 Å². The van der Waals surface area contributed by atoms with Crippen LogP contribution in [-0.4, -0.2) is 44.2 Å². The number of hydrogen-bond acceptors (Lipinski definition) is 7. The molecule has 0 aliphatic heterocycles. The van der Waals surface area contributed by atoms with E-state index in [-0.39, 0.29) is 31.9 Å². The van der Waals surface area contributed by atoms with Crippen LogP contribution in [0.4, 0.5) is 0 Å². The Morgan fingerprint density at radius 3 is 2.21 bits per heavy atom. The zero-order chi connectivity index (χ0) is 25.1. The summed E-state index contributed by atoms with van der Waals surface area (Å²) >= 11 is 0. The summed E-state index contributed by atoms with van der Waals surface area (Å²) in [7, 11) is 3.05. The molecule has 2 aromatic carbocycles. The van der Waals surface area contributed by atoms with Crippen molar-refractivity contribution in [2.45, 2.75) is 45.8 Å². The molecule has 1 N–H and O–H groups in total. The molecular weight excluding hydrogens is 438 g/mol. The molecule has 0 aliphatic carbocycles. The molecule has 8 nitrogen and oxygen atoms in total. The van der Waals surface area contributed by atoms with Crippen molar-refractivity contribution in [3.8, 4) is 11.5 Å². The molecule has 0 saturated heterocycles. The van der Waals surface area contributed by atoms with Gasteiger partial charge in [-0.15, -0.1) is 0 Å². The molecule has 0 aliphatic rings. The number of ether oxygens (including phenoxy) is 4. The van der Waals surface area contributed by atoms with Crippen molar-refractivity contribution in [3.63, 3.8) is 0 Å². The summed E-state index contributed by atoms with van der Waals surface area (Å²) in [6.45, 7) is 5.26. The largest absolute Gasteiger partial charge is 0.493 e. The van der Waals surface area contributed by atoms with E-state index in [1.165, 1.54) is 14.2 Å². The fourth-order valence-electron chi connectivity index (χ4n) is 3.15. The monoisotopic (exact) mass is 471 g/mol. The van der Waals surface area contributed by atoms with Gasteiger partial charge in [-0.25, -0.2) is 0 Å². The van der Waals surface area contributed by atoms with E-state index in [1.807, 2.05) is 30.3 Å². The van der Waals surface area contributed by atoms with Crippen LogP contribution in [0.1, 0.15) is 38.3 Å². The Morgan fingerprint density at radius 2 is 1.59 bits per heavy atom. The van der Waals surface area contributed by atoms with Gasteiger partial charge in [0.1, 0.15) is 12.2 Å². The minimum atomic E-state index is -0.882. The minimum absolute atomic E-state index is 0.0566. The number of methoxy groups -OCH3 is 2. The number of benzene rings is 2. The summed E-state index contributed by atoms with van der Waals surface area (Å²) in [6, 6.07) is 14.4. The molecule has 2 rings (SSSR count). The van der Waals surface area contributed by atoms with Crippen molar-refractivity contribution in [1.29, 1.82) is 0 Å². The van der Waals surface area contributed by atoms with Crippen LogP contribution in [0.5, 0.6) is 11.5 Å². The summed E-state index contributed by atoms with van der Waals surface area (Å²) in [5.74, 6) is -1.24. The molecule has 0 fully saturated rings. The number of carbonyl (C=O) groups excluding carboxylic acids is 3. The summed E-state index contributed by atoms with van der Waals surface area (Å²) in [5.41, 5.74) is 0.849. The van der Waals surface area contributed by atoms with Gasteiger partial charge >= 0.3 is 11.9 Å². The molecule has 2 aromatic rings. The Morgan fingerprint density at radius 1 is 0.912 bits per heavy atom. The molecule has 0 spiro atoms. The molecule has 0 radical (unpaired) electrons. The molecule has 1 amide bonds. The van der Waals surface area contributed by atoms with Crippen LogP contribution < -0.4 is 14.8 Å². The number of carbonyl (C=O) groups is 3. The average Bonchev–Trinajstić information content (AvgIpc) is 2.79. The van der Waals surface area contributed by atoms with Gasteiger partial charge in [-0.2, -0.15) is 0 Å². The van der Waals surface area contributed by atoms with Crippen molar-refractivity contribution in [2.24, 2.45) is 5.92 Å². The summed E-state index contributed by atoms with van der Waals surface area (Å²) in [5, 5.41) is 2.72. The predicted octanol–water partition coefficient (Wildman–Crippen LogP) is 3.45. The van der Waals surface area contributed by atoms with Crippen LogP contribution in [0, 0.1) is 5.92 Å². The third kappa shape index (κ3) is 9.13. The first-order valence-corrected chi connectivity index (χ1v) is 11.0. The molecular formula is C26H33NO7. The lowest BCUT2D eigenvalue weighted by Gasteiger charge is -2.22. The van der Waals surface area contributed by atoms with Crippen molar-refractivity contribution in [3.05, 3.63) is 59.7 Å². The highest BCUT2D eigenvalue weighted by Gasteiger charge is 2.27. The highest BCUT2D eigenvalue weighted by molar-refractivity contribution is 5.82. The number of rotatable bonds is 11. The SMILES string of the molecule is COc1ccc(CC(=O)NC[C@H](CC(=O)OC(C)(C)C)C(=O)OCc2ccccc2)cc1OC. The lowest BCUT2D eigenvalue weighted by Crippen LogP contribution is -2.37. The smallest absolute Gasteiger partial charge is 0.311 e. The second-order valence-electron chi connectivity index (χ2n) is 8.75. The maximum Gasteiger partial charge on any atom is 0.311 e. The molecule has 0 heterocycles. The molecule has 1 atom stereocenters. The van der Waals surface area contributed by atoms with Gasteiger partial charge in [-0.3, -0.25) is 14.4 Å². The third-order valence-electron chi connectivity index (χ3n) is 4.75. The fourth-order valence-corrected chi connectivity index (χ4v) is 3.15. The zero-order valence-corrected chi connectivity index (χ0v) is 20.4. The highest BCUT2D eigenvalue weighted by atomic mass is 16.6. The average molecular weight is 472 g/mol. The first-order chi connectivity index (χ1) is 16.1. The van der Waals surface area contributed by atoms with Crippen LogP contribution >= 0.6 is 0 Å². The number of amides is 1. The van der Waals surface area contributed by atoms with Crippen LogP contribution in [0.3, 0.4) is 0 Å². The second kappa shape index (κ2) is 12.6. The Kier molecular flexibility index (Phi) is 9.92. The van der Waals surface area contributed by atoms with E-state index in [0.717, 1.165) is 5.56 Å². The van der Waals surface area contributed by atoms with Crippen molar-refractivity contribution in [1.82, 2.24) is 5.32 Å². The van der Waals surface area contributed by atoms with E-state index in [4.69, 9.17) is 18.9 Å². The third-order valence-corrected chi connectivity index (χ3v) is 4.75. The standard InChI is InChI=1S/C26H33NO7/c1-26(2,3)34-24(29)15-20(25(30)33-17-18-9-7-6-8-10-18)16-27-23(28)14-19-11-12-21(31-4)22(13-19)32-5/h6-13,20H,14-17H2,1-5H3,(H,27,28)/t20-/m0/s1. The van der Waals surface area contributed by atoms with Gasteiger partial charge in [-0.1, -0.05) is 36.4 Å². The molecule has 0 bridgehead atoms. The lowest BCUT2D eigenvalue weighted by molar-refractivity contribution is -0.162. The van der Waals surface area contributed by atoms with Crippen LogP contribution in [0.25, 0.3) is 0 Å². The molecule has 184 valence electrons. The summed E-state index contributed by atoms with van der Waals surface area (Å²) in [4.78, 5) is 37.6. The molecule has 0 saturated carbocycles. The van der Waals surface area contributed by atoms with Gasteiger partial charge in [0.2, 0.25) is 5.91 Å². The van der Waals surface area contributed by atoms with Gasteiger partial charge in [0, 0.05) is 6.54 Å². The molecule has 34 heavy (non-hydrogen) atoms. The first kappa shape index (κ1) is 26.7. The van der Waals surface area contributed by atoms with Crippen LogP contribution in [0.2, 0.25) is 0 Å². The number of nitrogens with one attached hydrogen (secondary N) is 1. The Bertz CT molecular complexity index is 967. The van der Waals surface area contributed by atoms with E-state index in [1.54, 1.807) is 39.0 Å². The number of esters is 2. The predicted molar refractivity (Wildman–Crippen MR) is 126 cm³/mol. The quantitative estimate of drug-likeness (QED) is 0.501. The summed E-state index contributed by atoms with van der Waals surface area (Å²) in [6.07, 6.45) is -0.139. The van der Waals surface area contributed by atoms with Gasteiger partial charge in [0.15, 0.2) is 11.5 Å². The Hall–Kier alpha value is -3.55. The normalized spacial score (nSPS) is 11.8. The first-order valence-electron chi connectivity index (χ1n) is 11.0. The zero-order valence-electron chi connectivity index (χ0n) is 20.4. The van der Waals surface area contributed by atoms with E-state index in [9.17, 15) is 14.4 Å². The fraction of sp³-hybridized carbons (Fsp3) is 0.423. The van der Waals surface area contributed by atoms with Crippen molar-refractivity contribution >= 4 is 17.8 Å². The molecule has 0 unspecified atom stereocenters. The summed E-state index contributed by atoms with van der Waals surface area (Å²) < 4.78 is 21.2. The van der Waals surface area contributed by atoms with Crippen LogP contribution in [0.15, 0.2) is 48.5 Å².